The number of nitriles is 1. The summed E-state index contributed by atoms with van der Waals surface area (Å²) in [6.07, 6.45) is -0.813. The lowest BCUT2D eigenvalue weighted by molar-refractivity contribution is -0.122. The zero-order valence-corrected chi connectivity index (χ0v) is 18.6. The Morgan fingerprint density at radius 1 is 1.39 bits per heavy atom. The number of carbonyl (C=O) groups is 2. The number of ether oxygens (including phenoxy) is 1. The summed E-state index contributed by atoms with van der Waals surface area (Å²) in [6.45, 7) is 5.54. The smallest absolute Gasteiger partial charge is 0.411 e. The molecule has 162 valence electrons. The van der Waals surface area contributed by atoms with E-state index >= 15 is 0 Å². The maximum atomic E-state index is 13.4. The van der Waals surface area contributed by atoms with Crippen LogP contribution in [0.1, 0.15) is 32.8 Å². The lowest BCUT2D eigenvalue weighted by Crippen LogP contribution is -2.49. The summed E-state index contributed by atoms with van der Waals surface area (Å²) in [5, 5.41) is 13.7. The van der Waals surface area contributed by atoms with E-state index in [0.29, 0.717) is 28.4 Å². The number of amides is 2. The van der Waals surface area contributed by atoms with Crippen molar-refractivity contribution in [1.82, 2.24) is 4.90 Å². The van der Waals surface area contributed by atoms with Crippen LogP contribution >= 0.6 is 12.0 Å². The SMILES string of the molecule is [2H]B([3H])CSO[C@H]1CCN(C(=O)OC(C)(C)C)[C@@H]1C(=O)Nc1ccc(C#N)c2ccccc12. The van der Waals surface area contributed by atoms with E-state index < -0.39 is 37.5 Å². The minimum atomic E-state index is -1.06. The van der Waals surface area contributed by atoms with E-state index in [0.717, 1.165) is 12.0 Å². The van der Waals surface area contributed by atoms with Gasteiger partial charge in [0, 0.05) is 23.0 Å². The molecule has 0 aliphatic carbocycles. The first kappa shape index (κ1) is 20.2. The van der Waals surface area contributed by atoms with Crippen molar-refractivity contribution in [3.05, 3.63) is 42.0 Å². The lowest BCUT2D eigenvalue weighted by Gasteiger charge is -2.29. The van der Waals surface area contributed by atoms with Crippen LogP contribution in [0, 0.1) is 11.3 Å². The maximum absolute atomic E-state index is 13.4. The van der Waals surface area contributed by atoms with Crippen molar-refractivity contribution in [2.45, 2.75) is 44.9 Å². The zero-order valence-electron chi connectivity index (χ0n) is 19.8. The Labute approximate surface area is 190 Å². The number of fused-ring (bicyclic) bond motifs is 1. The molecule has 9 heteroatoms. The molecule has 0 bridgehead atoms. The third-order valence-corrected chi connectivity index (χ3v) is 5.32. The lowest BCUT2D eigenvalue weighted by atomic mass is 10.0. The third kappa shape index (κ3) is 5.32. The number of nitrogens with zero attached hydrogens (tertiary/aromatic N) is 2. The van der Waals surface area contributed by atoms with Gasteiger partial charge >= 0.3 is 6.09 Å². The largest absolute Gasteiger partial charge is 0.444 e. The van der Waals surface area contributed by atoms with Crippen LogP contribution in [0.25, 0.3) is 10.8 Å². The van der Waals surface area contributed by atoms with Gasteiger partial charge in [0.15, 0.2) is 0 Å². The van der Waals surface area contributed by atoms with Crippen molar-refractivity contribution in [1.29, 1.82) is 7.93 Å². The van der Waals surface area contributed by atoms with E-state index in [1.807, 2.05) is 24.3 Å². The predicted molar refractivity (Wildman–Crippen MR) is 125 cm³/mol. The summed E-state index contributed by atoms with van der Waals surface area (Å²) in [7, 11) is -1.06. The summed E-state index contributed by atoms with van der Waals surface area (Å²) in [4.78, 5) is 27.6. The van der Waals surface area contributed by atoms with Gasteiger partial charge in [0.25, 0.3) is 0 Å². The van der Waals surface area contributed by atoms with Gasteiger partial charge in [0.2, 0.25) is 5.91 Å². The van der Waals surface area contributed by atoms with E-state index in [4.69, 9.17) is 11.6 Å². The van der Waals surface area contributed by atoms with E-state index in [1.54, 1.807) is 32.9 Å². The first-order valence-corrected chi connectivity index (χ1v) is 10.9. The molecule has 0 saturated carbocycles. The van der Waals surface area contributed by atoms with E-state index in [9.17, 15) is 14.9 Å². The minimum absolute atomic E-state index is 0.123. The van der Waals surface area contributed by atoms with Crippen molar-refractivity contribution in [2.75, 3.05) is 17.5 Å². The topological polar surface area (TPSA) is 91.7 Å². The molecule has 1 saturated heterocycles. The Balaban J connectivity index is 1.87. The summed E-state index contributed by atoms with van der Waals surface area (Å²) in [6, 6.07) is 11.8. The van der Waals surface area contributed by atoms with Gasteiger partial charge in [0.05, 0.1) is 11.6 Å². The molecule has 0 unspecified atom stereocenters. The number of anilines is 1. The molecular formula is C22H26BN3O4S. The molecule has 1 N–H and O–H groups in total. The molecule has 3 rings (SSSR count). The van der Waals surface area contributed by atoms with Gasteiger partial charge in [-0.05, 0) is 59.7 Å². The Morgan fingerprint density at radius 3 is 2.81 bits per heavy atom. The van der Waals surface area contributed by atoms with E-state index in [-0.39, 0.29) is 12.2 Å². The van der Waals surface area contributed by atoms with Gasteiger partial charge in [-0.2, -0.15) is 5.26 Å². The molecule has 31 heavy (non-hydrogen) atoms. The van der Waals surface area contributed by atoms with Crippen LogP contribution in [-0.4, -0.2) is 57.3 Å². The summed E-state index contributed by atoms with van der Waals surface area (Å²) in [5.74, 6) is -0.438. The highest BCUT2D eigenvalue weighted by atomic mass is 32.2. The molecule has 1 aliphatic heterocycles. The molecule has 1 aliphatic rings. The minimum Gasteiger partial charge on any atom is -0.444 e. The number of nitrogens with one attached hydrogen (secondary N) is 1. The molecule has 2 aromatic carbocycles. The highest BCUT2D eigenvalue weighted by Gasteiger charge is 2.44. The maximum Gasteiger partial charge on any atom is 0.411 e. The Bertz CT molecular complexity index is 1070. The molecule has 1 heterocycles. The molecule has 2 atom stereocenters. The normalized spacial score (nSPS) is 19.4. The highest BCUT2D eigenvalue weighted by Crippen LogP contribution is 2.30. The summed E-state index contributed by atoms with van der Waals surface area (Å²) >= 11 is 0.951. The third-order valence-electron chi connectivity index (χ3n) is 4.80. The van der Waals surface area contributed by atoms with Crippen molar-refractivity contribution in [3.8, 4) is 6.07 Å². The molecule has 2 amide bonds. The van der Waals surface area contributed by atoms with Gasteiger partial charge in [0.1, 0.15) is 25.5 Å². The average molecular weight is 442 g/mol. The predicted octanol–water partition coefficient (Wildman–Crippen LogP) is 3.28. The Morgan fingerprint density at radius 2 is 2.13 bits per heavy atom. The Hall–Kier alpha value is -2.70. The highest BCUT2D eigenvalue weighted by molar-refractivity contribution is 7.95. The monoisotopic (exact) mass is 442 g/mol. The second-order valence-corrected chi connectivity index (χ2v) is 8.90. The molecular weight excluding hydrogens is 413 g/mol. The number of benzene rings is 2. The van der Waals surface area contributed by atoms with Crippen LogP contribution < -0.4 is 5.32 Å². The molecule has 7 nitrogen and oxygen atoms in total. The molecule has 0 aromatic heterocycles. The second kappa shape index (κ2) is 9.63. The number of likely N-dealkylation sites (tertiary alicyclic amines) is 1. The number of hydrogen-bond donors (Lipinski definition) is 1. The number of hydrogen-bond acceptors (Lipinski definition) is 6. The van der Waals surface area contributed by atoms with Crippen molar-refractivity contribution in [3.63, 3.8) is 0 Å². The van der Waals surface area contributed by atoms with Gasteiger partial charge in [-0.25, -0.2) is 4.79 Å². The molecule has 0 spiro atoms. The molecule has 0 radical (unpaired) electrons. The van der Waals surface area contributed by atoms with E-state index in [2.05, 4.69) is 11.4 Å². The van der Waals surface area contributed by atoms with Crippen molar-refractivity contribution >= 4 is 48.3 Å². The summed E-state index contributed by atoms with van der Waals surface area (Å²) < 4.78 is 25.9. The fraction of sp³-hybridized carbons (Fsp3) is 0.409. The zero-order chi connectivity index (χ0) is 24.2. The van der Waals surface area contributed by atoms with Gasteiger partial charge in [-0.1, -0.05) is 24.3 Å². The first-order valence-electron chi connectivity index (χ1n) is 11.1. The van der Waals surface area contributed by atoms with Crippen molar-refractivity contribution in [2.24, 2.45) is 0 Å². The molecule has 1 fully saturated rings. The van der Waals surface area contributed by atoms with Crippen LogP contribution in [0.5, 0.6) is 0 Å². The van der Waals surface area contributed by atoms with E-state index in [1.165, 1.54) is 4.90 Å². The number of carbonyl (C=O) groups excluding carboxylic acids is 2. The fourth-order valence-electron chi connectivity index (χ4n) is 3.54. The second-order valence-electron chi connectivity index (χ2n) is 8.13. The van der Waals surface area contributed by atoms with Gasteiger partial charge < -0.3 is 14.2 Å². The van der Waals surface area contributed by atoms with Crippen LogP contribution in [0.15, 0.2) is 36.4 Å². The standard InChI is InChI=1S/C22H26BN3O4S/c1-22(2,3)29-21(28)26-11-10-18(30-31-13-23)19(26)20(27)25-17-9-8-14(12-24)15-6-4-5-7-16(15)17/h4-9,18-19H,10-11,13,23H2,1-3H3,(H,25,27)/t18-,19-/m0/s1/i23TD. The van der Waals surface area contributed by atoms with Crippen LogP contribution in [-0.2, 0) is 13.7 Å². The Kier molecular flexibility index (Phi) is 6.28. The first-order chi connectivity index (χ1) is 15.6. The van der Waals surface area contributed by atoms with Gasteiger partial charge in [-0.15, -0.1) is 0 Å². The molecule has 2 aromatic rings. The number of rotatable bonds is 6. The van der Waals surface area contributed by atoms with Crippen LogP contribution in [0.3, 0.4) is 0 Å². The quantitative estimate of drug-likeness (QED) is 0.546. The van der Waals surface area contributed by atoms with Crippen LogP contribution in [0.2, 0.25) is 0 Å². The van der Waals surface area contributed by atoms with Gasteiger partial charge in [-0.3, -0.25) is 9.69 Å². The van der Waals surface area contributed by atoms with Crippen molar-refractivity contribution < 1.29 is 18.5 Å². The van der Waals surface area contributed by atoms with Crippen LogP contribution in [0.4, 0.5) is 10.5 Å². The fourth-order valence-corrected chi connectivity index (χ4v) is 3.99. The average Bonchev–Trinajstić information content (AvgIpc) is 3.17. The summed E-state index contributed by atoms with van der Waals surface area (Å²) in [5.41, 5.74) is 0.420.